The summed E-state index contributed by atoms with van der Waals surface area (Å²) in [6, 6.07) is 0.556. The van der Waals surface area contributed by atoms with Crippen molar-refractivity contribution in [3.8, 4) is 0 Å². The van der Waals surface area contributed by atoms with E-state index >= 15 is 0 Å². The number of carbonyl (C=O) groups is 2. The fourth-order valence-electron chi connectivity index (χ4n) is 3.16. The molecule has 132 valence electrons. The molecule has 3 N–H and O–H groups in total. The maximum absolute atomic E-state index is 11.8. The number of fused-ring (bicyclic) bond motifs is 1. The van der Waals surface area contributed by atoms with Gasteiger partial charge in [0.1, 0.15) is 0 Å². The van der Waals surface area contributed by atoms with Crippen LogP contribution in [0.3, 0.4) is 0 Å². The summed E-state index contributed by atoms with van der Waals surface area (Å²) >= 11 is 4.35. The Bertz CT molecular complexity index is 398. The molecule has 0 spiro atoms. The first kappa shape index (κ1) is 19.1. The van der Waals surface area contributed by atoms with Crippen LogP contribution in [0.5, 0.6) is 0 Å². The summed E-state index contributed by atoms with van der Waals surface area (Å²) in [4.78, 5) is 23.1. The van der Waals surface area contributed by atoms with E-state index in [1.807, 2.05) is 11.8 Å². The molecule has 0 aromatic carbocycles. The van der Waals surface area contributed by atoms with E-state index in [0.717, 1.165) is 38.0 Å². The maximum Gasteiger partial charge on any atom is 0.315 e. The lowest BCUT2D eigenvalue weighted by Gasteiger charge is -2.16. The third-order valence-electron chi connectivity index (χ3n) is 4.46. The molecule has 23 heavy (non-hydrogen) atoms. The van der Waals surface area contributed by atoms with Gasteiger partial charge >= 0.3 is 6.03 Å². The van der Waals surface area contributed by atoms with Crippen LogP contribution in [-0.4, -0.2) is 46.0 Å². The molecule has 5 nitrogen and oxygen atoms in total. The maximum atomic E-state index is 11.8. The molecule has 0 bridgehead atoms. The van der Waals surface area contributed by atoms with Crippen LogP contribution in [0.25, 0.3) is 0 Å². The second kappa shape index (κ2) is 10.6. The number of urea groups is 1. The second-order valence-electron chi connectivity index (χ2n) is 6.32. The lowest BCUT2D eigenvalue weighted by atomic mass is 10.0. The zero-order valence-electron chi connectivity index (χ0n) is 13.6. The van der Waals surface area contributed by atoms with Gasteiger partial charge in [-0.05, 0) is 30.1 Å². The molecule has 7 heteroatoms. The van der Waals surface area contributed by atoms with E-state index in [0.29, 0.717) is 17.7 Å². The zero-order chi connectivity index (χ0) is 16.5. The molecule has 2 rings (SSSR count). The van der Waals surface area contributed by atoms with Crippen molar-refractivity contribution in [1.82, 2.24) is 16.0 Å². The van der Waals surface area contributed by atoms with Crippen LogP contribution in [0.2, 0.25) is 0 Å². The number of hydrogen-bond donors (Lipinski definition) is 3. The Kier molecular flexibility index (Phi) is 8.86. The standard InChI is InChI=1S/C16H28IN3O2S/c17-9-5-1-2-6-10-18-14(21)8-4-3-7-13-15-12(11-23-13)19-16(22)20-15/h12-13,15H,1-11H2,(H,18,21)(H2,19,20,22)/t12-,13-,15-/m0/s1. The van der Waals surface area contributed by atoms with Crippen molar-refractivity contribution in [3.05, 3.63) is 0 Å². The van der Waals surface area contributed by atoms with Crippen molar-refractivity contribution in [2.45, 2.75) is 68.7 Å². The lowest BCUT2D eigenvalue weighted by Crippen LogP contribution is -2.36. The van der Waals surface area contributed by atoms with Crippen molar-refractivity contribution in [2.75, 3.05) is 16.7 Å². The third-order valence-corrected chi connectivity index (χ3v) is 6.73. The minimum atomic E-state index is -0.0248. The Morgan fingerprint density at radius 3 is 2.83 bits per heavy atom. The fourth-order valence-corrected chi connectivity index (χ4v) is 5.25. The molecule has 0 aliphatic carbocycles. The Morgan fingerprint density at radius 1 is 1.17 bits per heavy atom. The predicted molar refractivity (Wildman–Crippen MR) is 104 cm³/mol. The highest BCUT2D eigenvalue weighted by atomic mass is 127. The number of rotatable bonds is 11. The quantitative estimate of drug-likeness (QED) is 0.195. The molecular weight excluding hydrogens is 425 g/mol. The molecule has 0 aromatic rings. The number of nitrogens with one attached hydrogen (secondary N) is 3. The van der Waals surface area contributed by atoms with Gasteiger partial charge in [-0.15, -0.1) is 0 Å². The minimum Gasteiger partial charge on any atom is -0.356 e. The van der Waals surface area contributed by atoms with Crippen molar-refractivity contribution < 1.29 is 9.59 Å². The van der Waals surface area contributed by atoms with Crippen LogP contribution in [0, 0.1) is 0 Å². The van der Waals surface area contributed by atoms with Gasteiger partial charge in [-0.1, -0.05) is 41.9 Å². The summed E-state index contributed by atoms with van der Waals surface area (Å²) < 4.78 is 1.23. The molecular formula is C16H28IN3O2S. The number of amides is 3. The summed E-state index contributed by atoms with van der Waals surface area (Å²) in [5.41, 5.74) is 0. The highest BCUT2D eigenvalue weighted by molar-refractivity contribution is 14.1. The van der Waals surface area contributed by atoms with Gasteiger partial charge < -0.3 is 16.0 Å². The van der Waals surface area contributed by atoms with Gasteiger partial charge in [-0.25, -0.2) is 4.79 Å². The van der Waals surface area contributed by atoms with Crippen LogP contribution < -0.4 is 16.0 Å². The van der Waals surface area contributed by atoms with Crippen molar-refractivity contribution in [1.29, 1.82) is 0 Å². The topological polar surface area (TPSA) is 70.2 Å². The molecule has 2 aliphatic heterocycles. The third kappa shape index (κ3) is 6.68. The van der Waals surface area contributed by atoms with Crippen LogP contribution in [0.4, 0.5) is 4.79 Å². The molecule has 2 saturated heterocycles. The molecule has 3 amide bonds. The Morgan fingerprint density at radius 2 is 2.00 bits per heavy atom. The molecule has 0 aromatic heterocycles. The van der Waals surface area contributed by atoms with E-state index in [-0.39, 0.29) is 18.0 Å². The van der Waals surface area contributed by atoms with Gasteiger partial charge in [-0.2, -0.15) is 11.8 Å². The summed E-state index contributed by atoms with van der Waals surface area (Å²) in [5, 5.41) is 9.49. The first-order valence-electron chi connectivity index (χ1n) is 8.72. The number of unbranched alkanes of at least 4 members (excludes halogenated alkanes) is 4. The molecule has 0 radical (unpaired) electrons. The van der Waals surface area contributed by atoms with Crippen LogP contribution >= 0.6 is 34.4 Å². The van der Waals surface area contributed by atoms with Crippen molar-refractivity contribution >= 4 is 46.3 Å². The van der Waals surface area contributed by atoms with E-state index in [4.69, 9.17) is 0 Å². The molecule has 2 aliphatic rings. The summed E-state index contributed by atoms with van der Waals surface area (Å²) in [7, 11) is 0. The van der Waals surface area contributed by atoms with Gasteiger partial charge in [0.25, 0.3) is 0 Å². The highest BCUT2D eigenvalue weighted by Crippen LogP contribution is 2.33. The molecule has 3 atom stereocenters. The SMILES string of the molecule is O=C(CCCC[C@@H]1SC[C@@H]2NC(=O)N[C@@H]21)NCCCCCCI. The first-order chi connectivity index (χ1) is 11.2. The van der Waals surface area contributed by atoms with Crippen LogP contribution in [0.1, 0.15) is 51.4 Å². The number of halogens is 1. The van der Waals surface area contributed by atoms with Gasteiger partial charge in [0.2, 0.25) is 5.91 Å². The van der Waals surface area contributed by atoms with Crippen LogP contribution in [0.15, 0.2) is 0 Å². The second-order valence-corrected chi connectivity index (χ2v) is 8.67. The average Bonchev–Trinajstić information content (AvgIpc) is 3.07. The van der Waals surface area contributed by atoms with Gasteiger partial charge in [0.15, 0.2) is 0 Å². The number of alkyl halides is 1. The molecule has 0 saturated carbocycles. The largest absolute Gasteiger partial charge is 0.356 e. The Labute approximate surface area is 157 Å². The smallest absolute Gasteiger partial charge is 0.315 e. The summed E-state index contributed by atoms with van der Waals surface area (Å²) in [6.07, 6.45) is 8.57. The van der Waals surface area contributed by atoms with Crippen LogP contribution in [-0.2, 0) is 4.79 Å². The molecule has 0 unspecified atom stereocenters. The van der Waals surface area contributed by atoms with Crippen molar-refractivity contribution in [3.63, 3.8) is 0 Å². The Balaban J connectivity index is 1.46. The normalized spacial score (nSPS) is 25.8. The summed E-state index contributed by atoms with van der Waals surface area (Å²) in [6.45, 7) is 0.819. The van der Waals surface area contributed by atoms with E-state index in [2.05, 4.69) is 38.5 Å². The highest BCUT2D eigenvalue weighted by Gasteiger charge is 2.42. The number of carbonyl (C=O) groups excluding carboxylic acids is 2. The number of thioether (sulfide) groups is 1. The zero-order valence-corrected chi connectivity index (χ0v) is 16.6. The number of hydrogen-bond acceptors (Lipinski definition) is 3. The fraction of sp³-hybridized carbons (Fsp3) is 0.875. The lowest BCUT2D eigenvalue weighted by molar-refractivity contribution is -0.121. The average molecular weight is 453 g/mol. The summed E-state index contributed by atoms with van der Waals surface area (Å²) in [5.74, 6) is 1.19. The van der Waals surface area contributed by atoms with Gasteiger partial charge in [-0.3, -0.25) is 4.79 Å². The van der Waals surface area contributed by atoms with Crippen molar-refractivity contribution in [2.24, 2.45) is 0 Å². The predicted octanol–water partition coefficient (Wildman–Crippen LogP) is 2.82. The first-order valence-corrected chi connectivity index (χ1v) is 11.3. The van der Waals surface area contributed by atoms with Gasteiger partial charge in [0.05, 0.1) is 12.1 Å². The Hall–Kier alpha value is -0.180. The van der Waals surface area contributed by atoms with Gasteiger partial charge in [0, 0.05) is 24.0 Å². The molecule has 2 fully saturated rings. The van der Waals surface area contributed by atoms with E-state index < -0.39 is 0 Å². The molecule has 2 heterocycles. The van der Waals surface area contributed by atoms with E-state index in [1.54, 1.807) is 0 Å². The minimum absolute atomic E-state index is 0.0248. The van der Waals surface area contributed by atoms with E-state index in [9.17, 15) is 9.59 Å². The monoisotopic (exact) mass is 453 g/mol. The van der Waals surface area contributed by atoms with E-state index in [1.165, 1.54) is 23.7 Å².